The van der Waals surface area contributed by atoms with Gasteiger partial charge in [-0.05, 0) is 44.0 Å². The van der Waals surface area contributed by atoms with Gasteiger partial charge < -0.3 is 0 Å². The van der Waals surface area contributed by atoms with Gasteiger partial charge in [0.05, 0.1) is 5.69 Å². The molecule has 0 N–H and O–H groups in total. The van der Waals surface area contributed by atoms with E-state index in [-0.39, 0.29) is 0 Å². The van der Waals surface area contributed by atoms with Crippen molar-refractivity contribution in [1.82, 2.24) is 0 Å². The summed E-state index contributed by atoms with van der Waals surface area (Å²) in [6.45, 7) is 5.32. The monoisotopic (exact) mass is 319 g/mol. The van der Waals surface area contributed by atoms with Crippen LogP contribution in [0.3, 0.4) is 0 Å². The molecule has 0 saturated carbocycles. The van der Waals surface area contributed by atoms with Crippen molar-refractivity contribution in [3.05, 3.63) is 64.0 Å². The molecule has 0 aliphatic rings. The molecule has 0 atom stereocenters. The standard InChI is InChI=1S/C18H16F3NO/c1-4-22-17-6-10(2)13(5-11(17)3)18(23)9-14-15(20)7-12(19)8-16(14)21/h4-8H,9H2,1-3H3/b22-4+. The summed E-state index contributed by atoms with van der Waals surface area (Å²) < 4.78 is 40.3. The lowest BCUT2D eigenvalue weighted by Crippen LogP contribution is -2.09. The van der Waals surface area contributed by atoms with Crippen LogP contribution in [-0.4, -0.2) is 12.0 Å². The first kappa shape index (κ1) is 16.9. The average Bonchev–Trinajstić information content (AvgIpc) is 2.46. The quantitative estimate of drug-likeness (QED) is 0.584. The molecule has 0 aliphatic heterocycles. The molecule has 0 unspecified atom stereocenters. The number of Topliss-reactive ketones (excluding diaryl/α,β-unsaturated/α-hetero) is 1. The minimum atomic E-state index is -1.06. The van der Waals surface area contributed by atoms with Crippen LogP contribution in [0, 0.1) is 31.3 Å². The van der Waals surface area contributed by atoms with Crippen molar-refractivity contribution in [2.24, 2.45) is 4.99 Å². The smallest absolute Gasteiger partial charge is 0.167 e. The lowest BCUT2D eigenvalue weighted by Gasteiger charge is -2.10. The molecule has 0 radical (unpaired) electrons. The van der Waals surface area contributed by atoms with E-state index in [4.69, 9.17) is 0 Å². The molecule has 2 aromatic carbocycles. The molecule has 120 valence electrons. The zero-order valence-electron chi connectivity index (χ0n) is 13.1. The molecule has 23 heavy (non-hydrogen) atoms. The average molecular weight is 319 g/mol. The van der Waals surface area contributed by atoms with Crippen molar-refractivity contribution >= 4 is 17.7 Å². The summed E-state index contributed by atoms with van der Waals surface area (Å²) in [6.07, 6.45) is 1.18. The Labute approximate surface area is 132 Å². The van der Waals surface area contributed by atoms with Gasteiger partial charge in [-0.2, -0.15) is 0 Å². The van der Waals surface area contributed by atoms with Crippen molar-refractivity contribution in [3.8, 4) is 0 Å². The van der Waals surface area contributed by atoms with Gasteiger partial charge in [0.2, 0.25) is 0 Å². The number of hydrogen-bond donors (Lipinski definition) is 0. The molecule has 0 heterocycles. The molecular formula is C18H16F3NO. The minimum Gasteiger partial charge on any atom is -0.294 e. The maximum atomic E-state index is 13.7. The number of carbonyl (C=O) groups excluding carboxylic acids is 1. The number of rotatable bonds is 4. The lowest BCUT2D eigenvalue weighted by molar-refractivity contribution is 0.0990. The molecule has 0 amide bonds. The van der Waals surface area contributed by atoms with Gasteiger partial charge in [0.1, 0.15) is 17.5 Å². The van der Waals surface area contributed by atoms with E-state index in [0.717, 1.165) is 11.3 Å². The molecule has 2 rings (SSSR count). The van der Waals surface area contributed by atoms with Crippen LogP contribution in [0.15, 0.2) is 29.3 Å². The fourth-order valence-electron chi connectivity index (χ4n) is 2.38. The Morgan fingerprint density at radius 2 is 1.65 bits per heavy atom. The van der Waals surface area contributed by atoms with Crippen LogP contribution in [0.2, 0.25) is 0 Å². The summed E-state index contributed by atoms with van der Waals surface area (Å²) in [6, 6.07) is 4.55. The highest BCUT2D eigenvalue weighted by Gasteiger charge is 2.18. The molecule has 0 fully saturated rings. The predicted molar refractivity (Wildman–Crippen MR) is 84.1 cm³/mol. The minimum absolute atomic E-state index is 0.376. The molecular weight excluding hydrogens is 303 g/mol. The van der Waals surface area contributed by atoms with Gasteiger partial charge in [-0.15, -0.1) is 0 Å². The maximum Gasteiger partial charge on any atom is 0.167 e. The second kappa shape index (κ2) is 6.77. The molecule has 0 aromatic heterocycles. The highest BCUT2D eigenvalue weighted by molar-refractivity contribution is 5.99. The Kier molecular flexibility index (Phi) is 4.98. The van der Waals surface area contributed by atoms with Gasteiger partial charge in [-0.1, -0.05) is 0 Å². The third-order valence-corrected chi connectivity index (χ3v) is 3.55. The predicted octanol–water partition coefficient (Wildman–Crippen LogP) is 4.87. The SMILES string of the molecule is C/C=N/c1cc(C)c(C(=O)Cc2c(F)cc(F)cc2F)cc1C. The van der Waals surface area contributed by atoms with Gasteiger partial charge in [0.25, 0.3) is 0 Å². The topological polar surface area (TPSA) is 29.4 Å². The normalized spacial score (nSPS) is 11.2. The number of benzene rings is 2. The van der Waals surface area contributed by atoms with E-state index in [9.17, 15) is 18.0 Å². The molecule has 2 aromatic rings. The fourth-order valence-corrected chi connectivity index (χ4v) is 2.38. The van der Waals surface area contributed by atoms with Crippen LogP contribution in [0.4, 0.5) is 18.9 Å². The number of ketones is 1. The van der Waals surface area contributed by atoms with Crippen LogP contribution >= 0.6 is 0 Å². The molecule has 0 saturated heterocycles. The molecule has 0 aliphatic carbocycles. The lowest BCUT2D eigenvalue weighted by atomic mass is 9.96. The van der Waals surface area contributed by atoms with Crippen LogP contribution < -0.4 is 0 Å². The Morgan fingerprint density at radius 1 is 1.04 bits per heavy atom. The van der Waals surface area contributed by atoms with Crippen molar-refractivity contribution in [1.29, 1.82) is 0 Å². The number of nitrogens with zero attached hydrogens (tertiary/aromatic N) is 1. The van der Waals surface area contributed by atoms with Gasteiger partial charge >= 0.3 is 0 Å². The van der Waals surface area contributed by atoms with E-state index in [1.165, 1.54) is 0 Å². The third kappa shape index (κ3) is 3.67. The Balaban J connectivity index is 2.37. The van der Waals surface area contributed by atoms with Crippen molar-refractivity contribution < 1.29 is 18.0 Å². The molecule has 2 nitrogen and oxygen atoms in total. The van der Waals surface area contributed by atoms with E-state index in [1.807, 2.05) is 0 Å². The summed E-state index contributed by atoms with van der Waals surface area (Å²) in [4.78, 5) is 16.6. The number of halogens is 3. The zero-order valence-corrected chi connectivity index (χ0v) is 13.1. The highest BCUT2D eigenvalue weighted by atomic mass is 19.1. The second-order valence-corrected chi connectivity index (χ2v) is 5.29. The summed E-state index contributed by atoms with van der Waals surface area (Å²) in [5.74, 6) is -3.55. The summed E-state index contributed by atoms with van der Waals surface area (Å²) in [5, 5.41) is 0. The van der Waals surface area contributed by atoms with Crippen LogP contribution in [0.5, 0.6) is 0 Å². The van der Waals surface area contributed by atoms with Crippen molar-refractivity contribution in [2.75, 3.05) is 0 Å². The van der Waals surface area contributed by atoms with E-state index < -0.39 is 35.2 Å². The Morgan fingerprint density at radius 3 is 2.22 bits per heavy atom. The summed E-state index contributed by atoms with van der Waals surface area (Å²) in [5.41, 5.74) is 2.15. The van der Waals surface area contributed by atoms with Crippen LogP contribution in [-0.2, 0) is 6.42 Å². The van der Waals surface area contributed by atoms with Crippen LogP contribution in [0.25, 0.3) is 0 Å². The Hall–Kier alpha value is -2.43. The van der Waals surface area contributed by atoms with Gasteiger partial charge in [-0.3, -0.25) is 9.79 Å². The van der Waals surface area contributed by atoms with Crippen LogP contribution in [0.1, 0.15) is 34.0 Å². The summed E-state index contributed by atoms with van der Waals surface area (Å²) >= 11 is 0. The number of aliphatic imine (C=N–C) groups is 1. The Bertz CT molecular complexity index is 774. The fraction of sp³-hybridized carbons (Fsp3) is 0.222. The maximum absolute atomic E-state index is 13.7. The van der Waals surface area contributed by atoms with Crippen molar-refractivity contribution in [2.45, 2.75) is 27.2 Å². The first-order valence-electron chi connectivity index (χ1n) is 7.10. The number of hydrogen-bond acceptors (Lipinski definition) is 2. The summed E-state index contributed by atoms with van der Waals surface area (Å²) in [7, 11) is 0. The van der Waals surface area contributed by atoms with E-state index in [0.29, 0.717) is 23.3 Å². The molecule has 5 heteroatoms. The largest absolute Gasteiger partial charge is 0.294 e. The molecule has 0 bridgehead atoms. The number of aryl methyl sites for hydroxylation is 2. The van der Waals surface area contributed by atoms with Crippen molar-refractivity contribution in [3.63, 3.8) is 0 Å². The van der Waals surface area contributed by atoms with Gasteiger partial charge in [-0.25, -0.2) is 13.2 Å². The number of carbonyl (C=O) groups is 1. The van der Waals surface area contributed by atoms with Gasteiger partial charge in [0.15, 0.2) is 5.78 Å². The van der Waals surface area contributed by atoms with Gasteiger partial charge in [0, 0.05) is 35.9 Å². The zero-order chi connectivity index (χ0) is 17.1. The highest BCUT2D eigenvalue weighted by Crippen LogP contribution is 2.25. The first-order chi connectivity index (χ1) is 10.8. The van der Waals surface area contributed by atoms with E-state index in [1.54, 1.807) is 39.1 Å². The van der Waals surface area contributed by atoms with E-state index >= 15 is 0 Å². The molecule has 0 spiro atoms. The second-order valence-electron chi connectivity index (χ2n) is 5.29. The van der Waals surface area contributed by atoms with E-state index in [2.05, 4.69) is 4.99 Å². The first-order valence-corrected chi connectivity index (χ1v) is 7.10. The third-order valence-electron chi connectivity index (χ3n) is 3.55.